The third-order valence-corrected chi connectivity index (χ3v) is 4.61. The maximum Gasteiger partial charge on any atom is 0.331 e. The molecule has 7 heteroatoms. The molecule has 0 spiro atoms. The average Bonchev–Trinajstić information content (AvgIpc) is 2.56. The summed E-state index contributed by atoms with van der Waals surface area (Å²) in [6.45, 7) is 3.44. The second kappa shape index (κ2) is 8.82. The molecule has 0 radical (unpaired) electrons. The predicted octanol–water partition coefficient (Wildman–Crippen LogP) is 0.918. The van der Waals surface area contributed by atoms with Gasteiger partial charge in [-0.2, -0.15) is 0 Å². The van der Waals surface area contributed by atoms with E-state index >= 15 is 0 Å². The standard InChI is InChI=1S/C19H27N3O4/c1-11(3-4-13-5-7-15(24)8-6-13)21-17-10-14(19(25)26)9-16(20)18(17)22-12(2)23/h5-8,10-11,16-18,21,24H,3-4,9,20H2,1-2H3,(H,22,23)(H,25,26)/t11?,16-,17+,18?/m0/s1. The van der Waals surface area contributed by atoms with Crippen LogP contribution >= 0.6 is 0 Å². The summed E-state index contributed by atoms with van der Waals surface area (Å²) in [7, 11) is 0. The Morgan fingerprint density at radius 2 is 1.96 bits per heavy atom. The lowest BCUT2D eigenvalue weighted by atomic mass is 9.86. The van der Waals surface area contributed by atoms with E-state index in [0.29, 0.717) is 0 Å². The van der Waals surface area contributed by atoms with Crippen molar-refractivity contribution in [3.05, 3.63) is 41.5 Å². The summed E-state index contributed by atoms with van der Waals surface area (Å²) in [4.78, 5) is 22.8. The van der Waals surface area contributed by atoms with Gasteiger partial charge in [0.2, 0.25) is 5.91 Å². The van der Waals surface area contributed by atoms with E-state index in [1.54, 1.807) is 18.2 Å². The molecule has 2 rings (SSSR count). The molecule has 4 atom stereocenters. The molecule has 6 N–H and O–H groups in total. The normalized spacial score (nSPS) is 23.8. The molecule has 7 nitrogen and oxygen atoms in total. The van der Waals surface area contributed by atoms with E-state index in [4.69, 9.17) is 5.73 Å². The molecule has 0 heterocycles. The zero-order valence-corrected chi connectivity index (χ0v) is 15.1. The SMILES string of the molecule is CC(=O)NC1[C@@H](N)CC(C(=O)O)=C[C@H]1NC(C)CCc1ccc(O)cc1. The number of hydrogen-bond acceptors (Lipinski definition) is 5. The largest absolute Gasteiger partial charge is 0.508 e. The lowest BCUT2D eigenvalue weighted by Crippen LogP contribution is -2.61. The summed E-state index contributed by atoms with van der Waals surface area (Å²) in [5.41, 5.74) is 7.49. The number of carbonyl (C=O) groups is 2. The van der Waals surface area contributed by atoms with Gasteiger partial charge in [-0.1, -0.05) is 18.2 Å². The van der Waals surface area contributed by atoms with Crippen molar-refractivity contribution in [2.24, 2.45) is 5.73 Å². The Balaban J connectivity index is 2.03. The number of carboxylic acids is 1. The number of nitrogens with one attached hydrogen (secondary N) is 2. The Labute approximate surface area is 153 Å². The molecule has 1 aliphatic rings. The van der Waals surface area contributed by atoms with Crippen molar-refractivity contribution in [3.63, 3.8) is 0 Å². The average molecular weight is 361 g/mol. The van der Waals surface area contributed by atoms with Crippen molar-refractivity contribution in [2.75, 3.05) is 0 Å². The van der Waals surface area contributed by atoms with Crippen LogP contribution in [0.1, 0.15) is 32.3 Å². The van der Waals surface area contributed by atoms with Crippen LogP contribution in [-0.2, 0) is 16.0 Å². The summed E-state index contributed by atoms with van der Waals surface area (Å²) in [6.07, 6.45) is 3.51. The maximum absolute atomic E-state index is 11.5. The highest BCUT2D eigenvalue weighted by atomic mass is 16.4. The van der Waals surface area contributed by atoms with Crippen LogP contribution in [0.3, 0.4) is 0 Å². The number of aryl methyl sites for hydroxylation is 1. The summed E-state index contributed by atoms with van der Waals surface area (Å²) in [6, 6.07) is 5.99. The second-order valence-electron chi connectivity index (χ2n) is 6.89. The highest BCUT2D eigenvalue weighted by Crippen LogP contribution is 2.20. The fraction of sp³-hybridized carbons (Fsp3) is 0.474. The summed E-state index contributed by atoms with van der Waals surface area (Å²) >= 11 is 0. The lowest BCUT2D eigenvalue weighted by molar-refractivity contribution is -0.133. The first-order valence-corrected chi connectivity index (χ1v) is 8.77. The minimum Gasteiger partial charge on any atom is -0.508 e. The zero-order valence-electron chi connectivity index (χ0n) is 15.1. The molecule has 0 aromatic heterocycles. The highest BCUT2D eigenvalue weighted by molar-refractivity contribution is 5.87. The van der Waals surface area contributed by atoms with Crippen molar-refractivity contribution in [1.29, 1.82) is 0 Å². The van der Waals surface area contributed by atoms with Crippen LogP contribution in [0.4, 0.5) is 0 Å². The van der Waals surface area contributed by atoms with E-state index in [2.05, 4.69) is 10.6 Å². The molecule has 1 aromatic rings. The molecule has 0 fully saturated rings. The third kappa shape index (κ3) is 5.57. The third-order valence-electron chi connectivity index (χ3n) is 4.61. The van der Waals surface area contributed by atoms with Gasteiger partial charge in [0, 0.05) is 30.6 Å². The van der Waals surface area contributed by atoms with Gasteiger partial charge < -0.3 is 26.6 Å². The van der Waals surface area contributed by atoms with Crippen molar-refractivity contribution in [2.45, 2.75) is 57.3 Å². The first kappa shape index (κ1) is 19.9. The van der Waals surface area contributed by atoms with E-state index in [1.807, 2.05) is 19.1 Å². The fourth-order valence-corrected chi connectivity index (χ4v) is 3.24. The number of nitrogens with two attached hydrogens (primary N) is 1. The molecular formula is C19H27N3O4. The van der Waals surface area contributed by atoms with E-state index in [1.165, 1.54) is 6.92 Å². The van der Waals surface area contributed by atoms with Gasteiger partial charge in [-0.3, -0.25) is 4.79 Å². The van der Waals surface area contributed by atoms with Gasteiger partial charge in [0.05, 0.1) is 6.04 Å². The van der Waals surface area contributed by atoms with Crippen LogP contribution in [0.25, 0.3) is 0 Å². The number of aromatic hydroxyl groups is 1. The van der Waals surface area contributed by atoms with E-state index in [-0.39, 0.29) is 41.8 Å². The van der Waals surface area contributed by atoms with E-state index in [0.717, 1.165) is 18.4 Å². The molecule has 0 saturated carbocycles. The van der Waals surface area contributed by atoms with Crippen molar-refractivity contribution >= 4 is 11.9 Å². The number of benzene rings is 1. The first-order chi connectivity index (χ1) is 12.3. The van der Waals surface area contributed by atoms with Gasteiger partial charge in [-0.05, 0) is 43.9 Å². The second-order valence-corrected chi connectivity index (χ2v) is 6.89. The smallest absolute Gasteiger partial charge is 0.331 e. The number of amides is 1. The quantitative estimate of drug-likeness (QED) is 0.492. The Morgan fingerprint density at radius 3 is 2.54 bits per heavy atom. The van der Waals surface area contributed by atoms with Gasteiger partial charge >= 0.3 is 5.97 Å². The minimum absolute atomic E-state index is 0.0849. The van der Waals surface area contributed by atoms with Crippen LogP contribution in [0, 0.1) is 0 Å². The summed E-state index contributed by atoms with van der Waals surface area (Å²) in [5.74, 6) is -0.938. The minimum atomic E-state index is -0.981. The number of phenolic OH excluding ortho intramolecular Hbond substituents is 1. The van der Waals surface area contributed by atoms with Gasteiger partial charge in [0.25, 0.3) is 0 Å². The van der Waals surface area contributed by atoms with Crippen LogP contribution in [0.15, 0.2) is 35.9 Å². The van der Waals surface area contributed by atoms with E-state index < -0.39 is 12.0 Å². The number of rotatable bonds is 7. The highest BCUT2D eigenvalue weighted by Gasteiger charge is 2.34. The Kier molecular flexibility index (Phi) is 6.76. The van der Waals surface area contributed by atoms with Gasteiger partial charge in [-0.15, -0.1) is 0 Å². The van der Waals surface area contributed by atoms with Crippen LogP contribution in [-0.4, -0.2) is 46.3 Å². The summed E-state index contributed by atoms with van der Waals surface area (Å²) in [5, 5.41) is 24.8. The number of aliphatic carboxylic acids is 1. The molecular weight excluding hydrogens is 334 g/mol. The molecule has 142 valence electrons. The molecule has 1 aliphatic carbocycles. The molecule has 0 saturated heterocycles. The van der Waals surface area contributed by atoms with Gasteiger partial charge in [-0.25, -0.2) is 4.79 Å². The number of carbonyl (C=O) groups excluding carboxylic acids is 1. The van der Waals surface area contributed by atoms with Crippen molar-refractivity contribution in [3.8, 4) is 5.75 Å². The van der Waals surface area contributed by atoms with Gasteiger partial charge in [0.15, 0.2) is 0 Å². The summed E-state index contributed by atoms with van der Waals surface area (Å²) < 4.78 is 0. The Morgan fingerprint density at radius 1 is 1.31 bits per heavy atom. The van der Waals surface area contributed by atoms with Crippen LogP contribution in [0.2, 0.25) is 0 Å². The Bertz CT molecular complexity index is 672. The number of phenols is 1. The van der Waals surface area contributed by atoms with Crippen LogP contribution < -0.4 is 16.4 Å². The topological polar surface area (TPSA) is 125 Å². The monoisotopic (exact) mass is 361 g/mol. The molecule has 1 amide bonds. The maximum atomic E-state index is 11.5. The molecule has 0 aliphatic heterocycles. The molecule has 0 bridgehead atoms. The molecule has 1 aromatic carbocycles. The molecule has 2 unspecified atom stereocenters. The first-order valence-electron chi connectivity index (χ1n) is 8.77. The number of hydrogen-bond donors (Lipinski definition) is 5. The lowest BCUT2D eigenvalue weighted by Gasteiger charge is -2.36. The van der Waals surface area contributed by atoms with E-state index in [9.17, 15) is 19.8 Å². The predicted molar refractivity (Wildman–Crippen MR) is 98.7 cm³/mol. The molecule has 26 heavy (non-hydrogen) atoms. The number of carboxylic acid groups (broad SMARTS) is 1. The van der Waals surface area contributed by atoms with Crippen molar-refractivity contribution in [1.82, 2.24) is 10.6 Å². The Hall–Kier alpha value is -2.38. The van der Waals surface area contributed by atoms with Crippen LogP contribution in [0.5, 0.6) is 5.75 Å². The fourth-order valence-electron chi connectivity index (χ4n) is 3.24. The zero-order chi connectivity index (χ0) is 19.3. The van der Waals surface area contributed by atoms with Gasteiger partial charge in [0.1, 0.15) is 5.75 Å². The van der Waals surface area contributed by atoms with Crippen molar-refractivity contribution < 1.29 is 19.8 Å².